The highest BCUT2D eigenvalue weighted by atomic mass is 32.1. The van der Waals surface area contributed by atoms with E-state index < -0.39 is 17.7 Å². The Morgan fingerprint density at radius 1 is 1.09 bits per heavy atom. The Morgan fingerprint density at radius 2 is 1.82 bits per heavy atom. The van der Waals surface area contributed by atoms with Crippen LogP contribution in [-0.2, 0) is 35.1 Å². The molecule has 2 aromatic carbocycles. The van der Waals surface area contributed by atoms with Crippen LogP contribution in [0.1, 0.15) is 28.6 Å². The molecule has 1 aliphatic rings. The predicted molar refractivity (Wildman–Crippen MR) is 122 cm³/mol. The highest BCUT2D eigenvalue weighted by molar-refractivity contribution is 7.05. The number of alkyl halides is 3. The molecule has 0 aliphatic carbocycles. The molecule has 4 rings (SSSR count). The highest BCUT2D eigenvalue weighted by Crippen LogP contribution is 2.31. The van der Waals surface area contributed by atoms with Crippen molar-refractivity contribution in [3.63, 3.8) is 0 Å². The number of rotatable bonds is 7. The number of hydrogen-bond acceptors (Lipinski definition) is 7. The Hall–Kier alpha value is -2.98. The minimum Gasteiger partial charge on any atom is -0.482 e. The first-order valence-electron chi connectivity index (χ1n) is 10.9. The number of halogens is 3. The van der Waals surface area contributed by atoms with E-state index in [0.717, 1.165) is 43.1 Å². The summed E-state index contributed by atoms with van der Waals surface area (Å²) in [6.07, 6.45) is -2.66. The molecule has 180 valence electrons. The Bertz CT molecular complexity index is 1130. The lowest BCUT2D eigenvalue weighted by Crippen LogP contribution is -2.25. The van der Waals surface area contributed by atoms with Crippen molar-refractivity contribution in [3.8, 4) is 17.1 Å². The molecule has 0 saturated heterocycles. The summed E-state index contributed by atoms with van der Waals surface area (Å²) in [5.41, 5.74) is 2.31. The van der Waals surface area contributed by atoms with Gasteiger partial charge in [0.25, 0.3) is 0 Å². The Morgan fingerprint density at radius 3 is 2.53 bits per heavy atom. The number of benzene rings is 2. The maximum Gasteiger partial charge on any atom is 0.416 e. The number of esters is 1. The lowest BCUT2D eigenvalue weighted by atomic mass is 10.0. The van der Waals surface area contributed by atoms with E-state index in [4.69, 9.17) is 9.47 Å². The fraction of sp³-hybridized carbons (Fsp3) is 0.375. The van der Waals surface area contributed by atoms with Crippen LogP contribution in [0.3, 0.4) is 0 Å². The molecule has 3 aromatic rings. The predicted octanol–water partition coefficient (Wildman–Crippen LogP) is 4.77. The lowest BCUT2D eigenvalue weighted by Gasteiger charge is -2.17. The third kappa shape index (κ3) is 6.12. The van der Waals surface area contributed by atoms with Gasteiger partial charge in [0, 0.05) is 18.7 Å². The normalized spacial score (nSPS) is 14.4. The molecule has 1 aromatic heterocycles. The summed E-state index contributed by atoms with van der Waals surface area (Å²) in [4.78, 5) is 18.3. The van der Waals surface area contributed by atoms with Crippen LogP contribution in [0, 0.1) is 0 Å². The van der Waals surface area contributed by atoms with E-state index in [0.29, 0.717) is 30.3 Å². The number of fused-ring (bicyclic) bond motifs is 1. The number of hydrogen-bond donors (Lipinski definition) is 0. The molecule has 0 atom stereocenters. The molecule has 0 radical (unpaired) electrons. The van der Waals surface area contributed by atoms with Crippen molar-refractivity contribution >= 4 is 17.5 Å². The second-order valence-corrected chi connectivity index (χ2v) is 8.72. The van der Waals surface area contributed by atoms with E-state index >= 15 is 0 Å². The minimum atomic E-state index is -4.36. The second kappa shape index (κ2) is 10.5. The smallest absolute Gasteiger partial charge is 0.416 e. The van der Waals surface area contributed by atoms with Crippen LogP contribution in [-0.4, -0.2) is 46.5 Å². The van der Waals surface area contributed by atoms with Gasteiger partial charge in [-0.25, -0.2) is 9.78 Å². The summed E-state index contributed by atoms with van der Waals surface area (Å²) in [6, 6.07) is 10.8. The minimum absolute atomic E-state index is 0.114. The number of nitrogens with zero attached hydrogens (tertiary/aromatic N) is 3. The van der Waals surface area contributed by atoms with Gasteiger partial charge in [-0.1, -0.05) is 18.2 Å². The Kier molecular flexibility index (Phi) is 7.47. The topological polar surface area (TPSA) is 64.6 Å². The molecule has 0 amide bonds. The van der Waals surface area contributed by atoms with E-state index in [1.807, 2.05) is 18.2 Å². The zero-order valence-electron chi connectivity index (χ0n) is 18.6. The average molecular weight is 492 g/mol. The van der Waals surface area contributed by atoms with Gasteiger partial charge < -0.3 is 9.47 Å². The van der Waals surface area contributed by atoms with E-state index in [-0.39, 0.29) is 6.61 Å². The molecule has 0 bridgehead atoms. The molecular weight excluding hydrogens is 467 g/mol. The van der Waals surface area contributed by atoms with E-state index in [1.54, 1.807) is 6.92 Å². The van der Waals surface area contributed by atoms with Gasteiger partial charge in [-0.15, -0.1) is 0 Å². The van der Waals surface area contributed by atoms with Gasteiger partial charge in [0.15, 0.2) is 12.4 Å². The van der Waals surface area contributed by atoms with Crippen molar-refractivity contribution in [2.45, 2.75) is 32.5 Å². The monoisotopic (exact) mass is 491 g/mol. The summed E-state index contributed by atoms with van der Waals surface area (Å²) < 4.78 is 53.1. The first kappa shape index (κ1) is 24.2. The fourth-order valence-electron chi connectivity index (χ4n) is 3.78. The molecule has 0 fully saturated rings. The molecule has 1 aliphatic heterocycles. The van der Waals surface area contributed by atoms with Gasteiger partial charge in [-0.05, 0) is 66.7 Å². The van der Waals surface area contributed by atoms with Gasteiger partial charge in [0.1, 0.15) is 10.8 Å². The molecule has 0 N–H and O–H groups in total. The zero-order chi connectivity index (χ0) is 24.1. The SMILES string of the molecule is CCOC(=O)COc1ccc2c(c1)CCN(Cc1nc(-c3ccc(C(F)(F)F)cc3)ns1)CC2. The van der Waals surface area contributed by atoms with Crippen molar-refractivity contribution < 1.29 is 27.4 Å². The first-order chi connectivity index (χ1) is 16.3. The molecule has 10 heteroatoms. The van der Waals surface area contributed by atoms with Crippen LogP contribution >= 0.6 is 11.5 Å². The van der Waals surface area contributed by atoms with Crippen LogP contribution in [0.2, 0.25) is 0 Å². The van der Waals surface area contributed by atoms with Crippen LogP contribution in [0.5, 0.6) is 5.75 Å². The fourth-order valence-corrected chi connectivity index (χ4v) is 4.48. The standard InChI is InChI=1S/C24H24F3N3O3S/c1-2-32-22(31)15-33-20-8-5-16-9-11-30(12-10-18(16)13-20)14-21-28-23(29-34-21)17-3-6-19(7-4-17)24(25,26)27/h3-8,13H,2,9-12,14-15H2,1H3. The number of carbonyl (C=O) groups excluding carboxylic acids is 1. The molecular formula is C24H24F3N3O3S. The Balaban J connectivity index is 1.35. The quantitative estimate of drug-likeness (QED) is 0.444. The summed E-state index contributed by atoms with van der Waals surface area (Å²) >= 11 is 1.27. The Labute approximate surface area is 199 Å². The van der Waals surface area contributed by atoms with Crippen LogP contribution in [0.15, 0.2) is 42.5 Å². The van der Waals surface area contributed by atoms with Crippen molar-refractivity contribution in [1.29, 1.82) is 0 Å². The van der Waals surface area contributed by atoms with E-state index in [1.165, 1.54) is 34.8 Å². The molecule has 2 heterocycles. The molecule has 0 saturated carbocycles. The largest absolute Gasteiger partial charge is 0.482 e. The summed E-state index contributed by atoms with van der Waals surface area (Å²) in [5, 5.41) is 0.819. The average Bonchev–Trinajstić information content (AvgIpc) is 3.19. The van der Waals surface area contributed by atoms with Gasteiger partial charge in [0.2, 0.25) is 0 Å². The van der Waals surface area contributed by atoms with Crippen LogP contribution in [0.25, 0.3) is 11.4 Å². The van der Waals surface area contributed by atoms with Crippen molar-refractivity contribution in [3.05, 3.63) is 64.2 Å². The third-order valence-electron chi connectivity index (χ3n) is 5.53. The van der Waals surface area contributed by atoms with Crippen molar-refractivity contribution in [2.24, 2.45) is 0 Å². The van der Waals surface area contributed by atoms with E-state index in [2.05, 4.69) is 14.3 Å². The zero-order valence-corrected chi connectivity index (χ0v) is 19.4. The maximum atomic E-state index is 12.8. The van der Waals surface area contributed by atoms with Crippen molar-refractivity contribution in [1.82, 2.24) is 14.3 Å². The molecule has 6 nitrogen and oxygen atoms in total. The summed E-state index contributed by atoms with van der Waals surface area (Å²) in [6.45, 7) is 4.26. The van der Waals surface area contributed by atoms with Gasteiger partial charge >= 0.3 is 12.1 Å². The van der Waals surface area contributed by atoms with E-state index in [9.17, 15) is 18.0 Å². The van der Waals surface area contributed by atoms with Crippen LogP contribution in [0.4, 0.5) is 13.2 Å². The second-order valence-electron chi connectivity index (χ2n) is 7.89. The molecule has 34 heavy (non-hydrogen) atoms. The van der Waals surface area contributed by atoms with Crippen LogP contribution < -0.4 is 4.74 Å². The van der Waals surface area contributed by atoms with Gasteiger partial charge in [0.05, 0.1) is 18.7 Å². The van der Waals surface area contributed by atoms with Gasteiger partial charge in [-0.2, -0.15) is 17.5 Å². The summed E-state index contributed by atoms with van der Waals surface area (Å²) in [5.74, 6) is 0.692. The van der Waals surface area contributed by atoms with Gasteiger partial charge in [-0.3, -0.25) is 4.90 Å². The third-order valence-corrected chi connectivity index (χ3v) is 6.23. The summed E-state index contributed by atoms with van der Waals surface area (Å²) in [7, 11) is 0. The number of aromatic nitrogens is 2. The number of carbonyl (C=O) groups is 1. The first-order valence-corrected chi connectivity index (χ1v) is 11.7. The maximum absolute atomic E-state index is 12.8. The number of ether oxygens (including phenoxy) is 2. The van der Waals surface area contributed by atoms with Crippen molar-refractivity contribution in [2.75, 3.05) is 26.3 Å². The lowest BCUT2D eigenvalue weighted by molar-refractivity contribution is -0.145. The molecule has 0 unspecified atom stereocenters. The highest BCUT2D eigenvalue weighted by Gasteiger charge is 2.30. The molecule has 0 spiro atoms.